The van der Waals surface area contributed by atoms with Crippen molar-refractivity contribution in [3.63, 3.8) is 0 Å². The van der Waals surface area contributed by atoms with Gasteiger partial charge in [0.2, 0.25) is 5.82 Å². The lowest BCUT2D eigenvalue weighted by Gasteiger charge is -2.24. The van der Waals surface area contributed by atoms with Gasteiger partial charge in [0.25, 0.3) is 5.91 Å². The Morgan fingerprint density at radius 2 is 2.10 bits per heavy atom. The number of carbonyl (C=O) groups is 1. The third-order valence-corrected chi connectivity index (χ3v) is 3.18. The molecule has 0 aliphatic rings. The minimum absolute atomic E-state index is 0.0605. The van der Waals surface area contributed by atoms with E-state index in [1.165, 1.54) is 0 Å². The van der Waals surface area contributed by atoms with Crippen molar-refractivity contribution in [2.45, 2.75) is 32.2 Å². The summed E-state index contributed by atoms with van der Waals surface area (Å²) >= 11 is 0. The van der Waals surface area contributed by atoms with Crippen LogP contribution in [0.5, 0.6) is 0 Å². The van der Waals surface area contributed by atoms with Crippen molar-refractivity contribution in [1.29, 1.82) is 5.26 Å². The number of nitrogens with one attached hydrogen (secondary N) is 1. The lowest BCUT2D eigenvalue weighted by Crippen LogP contribution is -2.46. The fraction of sp³-hybridized carbons (Fsp3) is 0.385. The number of nitro groups is 1. The van der Waals surface area contributed by atoms with Crippen LogP contribution in [0.3, 0.4) is 0 Å². The maximum Gasteiger partial charge on any atom is 0.304 e. The molecule has 106 valence electrons. The molecule has 0 radical (unpaired) electrons. The van der Waals surface area contributed by atoms with Gasteiger partial charge in [0.15, 0.2) is 0 Å². The quantitative estimate of drug-likeness (QED) is 0.661. The lowest BCUT2D eigenvalue weighted by atomic mass is 9.94. The largest absolute Gasteiger partial charge is 0.334 e. The summed E-state index contributed by atoms with van der Waals surface area (Å²) in [6, 6.07) is 4.90. The Balaban J connectivity index is 3.02. The maximum atomic E-state index is 13.5. The second-order valence-corrected chi connectivity index (χ2v) is 4.28. The van der Waals surface area contributed by atoms with E-state index >= 15 is 0 Å². The van der Waals surface area contributed by atoms with Gasteiger partial charge in [0.05, 0.1) is 11.0 Å². The first-order valence-electron chi connectivity index (χ1n) is 6.06. The van der Waals surface area contributed by atoms with E-state index in [1.807, 2.05) is 6.07 Å². The number of amides is 1. The standard InChI is InChI=1S/C13H14FN3O3/c1-3-13(4-2,8-15)16-12(18)9-5-6-11(17(19)20)10(14)7-9/h5-7H,3-4H2,1-2H3,(H,16,18). The molecule has 0 unspecified atom stereocenters. The van der Waals surface area contributed by atoms with Crippen molar-refractivity contribution < 1.29 is 14.1 Å². The minimum atomic E-state index is -1.08. The summed E-state index contributed by atoms with van der Waals surface area (Å²) in [5.74, 6) is -1.72. The fourth-order valence-electron chi connectivity index (χ4n) is 1.70. The Labute approximate surface area is 115 Å². The second-order valence-electron chi connectivity index (χ2n) is 4.28. The highest BCUT2D eigenvalue weighted by atomic mass is 19.1. The van der Waals surface area contributed by atoms with E-state index in [2.05, 4.69) is 5.32 Å². The topological polar surface area (TPSA) is 96.0 Å². The van der Waals surface area contributed by atoms with E-state index in [4.69, 9.17) is 5.26 Å². The normalized spacial score (nSPS) is 10.7. The molecule has 0 aliphatic carbocycles. The highest BCUT2D eigenvalue weighted by Crippen LogP contribution is 2.19. The van der Waals surface area contributed by atoms with Crippen molar-refractivity contribution in [1.82, 2.24) is 5.32 Å². The first-order valence-corrected chi connectivity index (χ1v) is 6.06. The number of nitriles is 1. The smallest absolute Gasteiger partial charge is 0.304 e. The summed E-state index contributed by atoms with van der Waals surface area (Å²) < 4.78 is 13.5. The van der Waals surface area contributed by atoms with Gasteiger partial charge in [-0.15, -0.1) is 0 Å². The molecule has 0 fully saturated rings. The average Bonchev–Trinajstić information content (AvgIpc) is 2.44. The molecule has 7 heteroatoms. The number of benzene rings is 1. The number of halogens is 1. The van der Waals surface area contributed by atoms with Crippen LogP contribution in [-0.2, 0) is 0 Å². The van der Waals surface area contributed by atoms with Gasteiger partial charge >= 0.3 is 5.69 Å². The first kappa shape index (κ1) is 15.6. The molecule has 1 amide bonds. The molecule has 0 aliphatic heterocycles. The first-order chi connectivity index (χ1) is 9.39. The number of nitro benzene ring substituents is 1. The van der Waals surface area contributed by atoms with Crippen molar-refractivity contribution in [3.05, 3.63) is 39.7 Å². The number of carbonyl (C=O) groups excluding carboxylic acids is 1. The predicted molar refractivity (Wildman–Crippen MR) is 69.4 cm³/mol. The van der Waals surface area contributed by atoms with Crippen molar-refractivity contribution in [3.8, 4) is 6.07 Å². The van der Waals surface area contributed by atoms with Crippen molar-refractivity contribution in [2.75, 3.05) is 0 Å². The summed E-state index contributed by atoms with van der Waals surface area (Å²) in [6.45, 7) is 3.51. The van der Waals surface area contributed by atoms with Crippen LogP contribution >= 0.6 is 0 Å². The van der Waals surface area contributed by atoms with E-state index in [9.17, 15) is 19.3 Å². The van der Waals surface area contributed by atoms with Crippen LogP contribution in [0.25, 0.3) is 0 Å². The number of hydrogen-bond acceptors (Lipinski definition) is 4. The molecule has 20 heavy (non-hydrogen) atoms. The van der Waals surface area contributed by atoms with Gasteiger partial charge < -0.3 is 5.32 Å². The summed E-state index contributed by atoms with van der Waals surface area (Å²) in [4.78, 5) is 21.6. The van der Waals surface area contributed by atoms with Gasteiger partial charge in [-0.2, -0.15) is 9.65 Å². The van der Waals surface area contributed by atoms with Crippen LogP contribution in [0.4, 0.5) is 10.1 Å². The van der Waals surface area contributed by atoms with Crippen molar-refractivity contribution in [2.24, 2.45) is 0 Å². The Bertz CT molecular complexity index is 577. The van der Waals surface area contributed by atoms with E-state index in [0.717, 1.165) is 18.2 Å². The zero-order valence-electron chi connectivity index (χ0n) is 11.1. The van der Waals surface area contributed by atoms with Gasteiger partial charge in [0, 0.05) is 11.6 Å². The van der Waals surface area contributed by atoms with Crippen LogP contribution in [0.15, 0.2) is 18.2 Å². The van der Waals surface area contributed by atoms with Crippen LogP contribution in [-0.4, -0.2) is 16.4 Å². The Kier molecular flexibility index (Phi) is 4.75. The lowest BCUT2D eigenvalue weighted by molar-refractivity contribution is -0.387. The zero-order valence-corrected chi connectivity index (χ0v) is 11.1. The zero-order chi connectivity index (χ0) is 15.3. The number of hydrogen-bond donors (Lipinski definition) is 1. The minimum Gasteiger partial charge on any atom is -0.334 e. The molecular formula is C13H14FN3O3. The molecule has 1 aromatic rings. The van der Waals surface area contributed by atoms with E-state index < -0.39 is 27.9 Å². The maximum absolute atomic E-state index is 13.5. The fourth-order valence-corrected chi connectivity index (χ4v) is 1.70. The van der Waals surface area contributed by atoms with Crippen LogP contribution in [0, 0.1) is 27.3 Å². The monoisotopic (exact) mass is 279 g/mol. The Hall–Kier alpha value is -2.49. The molecule has 1 N–H and O–H groups in total. The molecule has 1 aromatic carbocycles. The third kappa shape index (κ3) is 3.09. The summed E-state index contributed by atoms with van der Waals surface area (Å²) in [7, 11) is 0. The van der Waals surface area contributed by atoms with E-state index in [-0.39, 0.29) is 5.56 Å². The number of rotatable bonds is 5. The van der Waals surface area contributed by atoms with E-state index in [1.54, 1.807) is 13.8 Å². The van der Waals surface area contributed by atoms with Crippen LogP contribution < -0.4 is 5.32 Å². The molecule has 0 saturated heterocycles. The molecule has 0 bridgehead atoms. The average molecular weight is 279 g/mol. The van der Waals surface area contributed by atoms with Gasteiger partial charge in [-0.1, -0.05) is 13.8 Å². The number of nitrogens with zero attached hydrogens (tertiary/aromatic N) is 2. The second kappa shape index (κ2) is 6.10. The van der Waals surface area contributed by atoms with Gasteiger partial charge in [-0.3, -0.25) is 14.9 Å². The summed E-state index contributed by atoms with van der Waals surface area (Å²) in [5.41, 5.74) is -1.77. The molecule has 0 atom stereocenters. The van der Waals surface area contributed by atoms with Gasteiger partial charge in [-0.25, -0.2) is 0 Å². The Morgan fingerprint density at radius 1 is 1.50 bits per heavy atom. The highest BCUT2D eigenvalue weighted by molar-refractivity contribution is 5.95. The molecule has 6 nitrogen and oxygen atoms in total. The Morgan fingerprint density at radius 3 is 2.50 bits per heavy atom. The molecule has 0 spiro atoms. The molecule has 0 heterocycles. The van der Waals surface area contributed by atoms with Crippen molar-refractivity contribution >= 4 is 11.6 Å². The molecule has 0 aromatic heterocycles. The van der Waals surface area contributed by atoms with Crippen LogP contribution in [0.1, 0.15) is 37.0 Å². The summed E-state index contributed by atoms with van der Waals surface area (Å²) in [6.07, 6.45) is 0.808. The SMILES string of the molecule is CCC(C#N)(CC)NC(=O)c1ccc([N+](=O)[O-])c(F)c1. The summed E-state index contributed by atoms with van der Waals surface area (Å²) in [5, 5.41) is 22.1. The van der Waals surface area contributed by atoms with Gasteiger partial charge in [0.1, 0.15) is 5.54 Å². The molecule has 0 saturated carbocycles. The predicted octanol–water partition coefficient (Wildman–Crippen LogP) is 2.55. The van der Waals surface area contributed by atoms with E-state index in [0.29, 0.717) is 12.8 Å². The molecule has 1 rings (SSSR count). The third-order valence-electron chi connectivity index (χ3n) is 3.18. The van der Waals surface area contributed by atoms with Crippen LogP contribution in [0.2, 0.25) is 0 Å². The molecular weight excluding hydrogens is 265 g/mol. The van der Waals surface area contributed by atoms with Gasteiger partial charge in [-0.05, 0) is 25.0 Å². The highest BCUT2D eigenvalue weighted by Gasteiger charge is 2.28.